The number of hydrogen-bond acceptors (Lipinski definition) is 5. The van der Waals surface area contributed by atoms with Gasteiger partial charge in [0.05, 0.1) is 18.9 Å². The molecule has 0 aromatic carbocycles. The molecule has 4 rings (SSSR count). The predicted molar refractivity (Wildman–Crippen MR) is 109 cm³/mol. The van der Waals surface area contributed by atoms with Crippen LogP contribution in [0.4, 0.5) is 9.93 Å². The van der Waals surface area contributed by atoms with E-state index < -0.39 is 0 Å². The van der Waals surface area contributed by atoms with Crippen molar-refractivity contribution in [2.24, 2.45) is 0 Å². The molecule has 1 saturated heterocycles. The number of anilines is 1. The minimum Gasteiger partial charge on any atom is -0.379 e. The number of hydrogen-bond donors (Lipinski definition) is 2. The topological polar surface area (TPSA) is 66.5 Å². The second kappa shape index (κ2) is 8.88. The van der Waals surface area contributed by atoms with E-state index in [0.717, 1.165) is 44.3 Å². The molecule has 2 aliphatic carbocycles. The van der Waals surface area contributed by atoms with E-state index in [1.807, 2.05) is 0 Å². The zero-order valence-corrected chi connectivity index (χ0v) is 17.0. The largest absolute Gasteiger partial charge is 0.379 e. The predicted octanol–water partition coefficient (Wildman–Crippen LogP) is 3.57. The standard InChI is InChI=1S/C20H32N4O2S/c25-18(23-19-22-16-7-3-1-4-8-17(16)27-19)21-15-20(9-5-2-6-10-20)24-11-13-26-14-12-24/h1-15H2,(H2,21,22,23,25). The molecule has 1 aliphatic heterocycles. The Morgan fingerprint density at radius 2 is 1.81 bits per heavy atom. The van der Waals surface area contributed by atoms with Crippen molar-refractivity contribution in [3.05, 3.63) is 10.6 Å². The van der Waals surface area contributed by atoms with Gasteiger partial charge in [-0.1, -0.05) is 25.7 Å². The lowest BCUT2D eigenvalue weighted by molar-refractivity contribution is -0.0356. The number of rotatable bonds is 4. The van der Waals surface area contributed by atoms with Crippen LogP contribution in [0.25, 0.3) is 0 Å². The van der Waals surface area contributed by atoms with E-state index in [1.54, 1.807) is 11.3 Å². The van der Waals surface area contributed by atoms with Crippen molar-refractivity contribution >= 4 is 22.5 Å². The molecule has 0 unspecified atom stereocenters. The van der Waals surface area contributed by atoms with Crippen LogP contribution in [-0.2, 0) is 17.6 Å². The van der Waals surface area contributed by atoms with Gasteiger partial charge >= 0.3 is 6.03 Å². The monoisotopic (exact) mass is 392 g/mol. The van der Waals surface area contributed by atoms with Gasteiger partial charge in [0, 0.05) is 30.1 Å². The number of fused-ring (bicyclic) bond motifs is 1. The third-order valence-electron chi connectivity index (χ3n) is 6.36. The van der Waals surface area contributed by atoms with E-state index in [0.29, 0.717) is 6.54 Å². The normalized spacial score (nSPS) is 23.3. The van der Waals surface area contributed by atoms with Gasteiger partial charge in [0.25, 0.3) is 0 Å². The molecule has 0 radical (unpaired) electrons. The number of nitrogens with zero attached hydrogens (tertiary/aromatic N) is 2. The van der Waals surface area contributed by atoms with E-state index in [-0.39, 0.29) is 11.6 Å². The summed E-state index contributed by atoms with van der Waals surface area (Å²) in [5.41, 5.74) is 1.30. The van der Waals surface area contributed by atoms with Gasteiger partial charge in [0.1, 0.15) is 0 Å². The number of carbonyl (C=O) groups excluding carboxylic acids is 1. The summed E-state index contributed by atoms with van der Waals surface area (Å²) in [5.74, 6) is 0. The van der Waals surface area contributed by atoms with Crippen molar-refractivity contribution < 1.29 is 9.53 Å². The van der Waals surface area contributed by atoms with Crippen LogP contribution in [0.5, 0.6) is 0 Å². The molecule has 2 amide bonds. The molecular weight excluding hydrogens is 360 g/mol. The fraction of sp³-hybridized carbons (Fsp3) is 0.800. The summed E-state index contributed by atoms with van der Waals surface area (Å²) in [6.07, 6.45) is 12.0. The maximum absolute atomic E-state index is 12.6. The lowest BCUT2D eigenvalue weighted by Crippen LogP contribution is -2.60. The molecule has 6 nitrogen and oxygen atoms in total. The van der Waals surface area contributed by atoms with Crippen molar-refractivity contribution in [2.45, 2.75) is 69.7 Å². The number of amides is 2. The van der Waals surface area contributed by atoms with Crippen LogP contribution >= 0.6 is 11.3 Å². The number of morpholine rings is 1. The summed E-state index contributed by atoms with van der Waals surface area (Å²) in [6.45, 7) is 4.27. The molecule has 150 valence electrons. The number of carbonyl (C=O) groups is 1. The van der Waals surface area contributed by atoms with Gasteiger partial charge < -0.3 is 10.1 Å². The third-order valence-corrected chi connectivity index (χ3v) is 7.43. The van der Waals surface area contributed by atoms with Gasteiger partial charge in [-0.25, -0.2) is 9.78 Å². The first-order chi connectivity index (χ1) is 13.3. The number of aromatic nitrogens is 1. The Bertz CT molecular complexity index is 612. The highest BCUT2D eigenvalue weighted by Gasteiger charge is 2.38. The molecule has 1 aromatic rings. The molecular formula is C20H32N4O2S. The highest BCUT2D eigenvalue weighted by atomic mass is 32.1. The SMILES string of the molecule is O=C(NCC1(N2CCOCC2)CCCCC1)Nc1nc2c(s1)CCCCC2. The van der Waals surface area contributed by atoms with Crippen molar-refractivity contribution in [3.8, 4) is 0 Å². The minimum atomic E-state index is -0.114. The molecule has 1 saturated carbocycles. The van der Waals surface area contributed by atoms with Crippen LogP contribution in [0.1, 0.15) is 61.9 Å². The maximum atomic E-state index is 12.6. The van der Waals surface area contributed by atoms with E-state index in [4.69, 9.17) is 4.74 Å². The number of thiazole rings is 1. The Hall–Kier alpha value is -1.18. The smallest absolute Gasteiger partial charge is 0.321 e. The molecule has 27 heavy (non-hydrogen) atoms. The van der Waals surface area contributed by atoms with Gasteiger partial charge in [0.2, 0.25) is 0 Å². The second-order valence-electron chi connectivity index (χ2n) is 8.14. The molecule has 0 spiro atoms. The first-order valence-corrected chi connectivity index (χ1v) is 11.4. The van der Waals surface area contributed by atoms with Gasteiger partial charge in [-0.2, -0.15) is 0 Å². The van der Waals surface area contributed by atoms with Crippen LogP contribution < -0.4 is 10.6 Å². The number of nitrogens with one attached hydrogen (secondary N) is 2. The van der Waals surface area contributed by atoms with Gasteiger partial charge in [-0.15, -0.1) is 11.3 Å². The Morgan fingerprint density at radius 1 is 1.07 bits per heavy atom. The Kier molecular flexibility index (Phi) is 6.30. The summed E-state index contributed by atoms with van der Waals surface area (Å²) in [5, 5.41) is 6.91. The second-order valence-corrected chi connectivity index (χ2v) is 9.23. The first kappa shape index (κ1) is 19.2. The lowest BCUT2D eigenvalue weighted by atomic mass is 9.80. The zero-order valence-electron chi connectivity index (χ0n) is 16.2. The maximum Gasteiger partial charge on any atom is 0.321 e. The number of urea groups is 1. The number of aryl methyl sites for hydroxylation is 2. The number of ether oxygens (including phenoxy) is 1. The van der Waals surface area contributed by atoms with E-state index in [1.165, 1.54) is 61.9 Å². The third kappa shape index (κ3) is 4.63. The minimum absolute atomic E-state index is 0.0966. The quantitative estimate of drug-likeness (QED) is 0.769. The van der Waals surface area contributed by atoms with Crippen molar-refractivity contribution in [3.63, 3.8) is 0 Å². The van der Waals surface area contributed by atoms with Gasteiger partial charge in [-0.05, 0) is 38.5 Å². The molecule has 2 fully saturated rings. The van der Waals surface area contributed by atoms with E-state index in [2.05, 4.69) is 20.5 Å². The van der Waals surface area contributed by atoms with Crippen molar-refractivity contribution in [2.75, 3.05) is 38.2 Å². The summed E-state index contributed by atoms with van der Waals surface area (Å²) in [6, 6.07) is -0.114. The molecule has 3 aliphatic rings. The molecule has 0 bridgehead atoms. The molecule has 7 heteroatoms. The molecule has 1 aromatic heterocycles. The van der Waals surface area contributed by atoms with E-state index in [9.17, 15) is 4.79 Å². The fourth-order valence-electron chi connectivity index (χ4n) is 4.82. The molecule has 2 N–H and O–H groups in total. The van der Waals surface area contributed by atoms with Gasteiger partial charge in [0.15, 0.2) is 5.13 Å². The summed E-state index contributed by atoms with van der Waals surface area (Å²) in [7, 11) is 0. The van der Waals surface area contributed by atoms with Crippen LogP contribution in [0.2, 0.25) is 0 Å². The fourth-order valence-corrected chi connectivity index (χ4v) is 5.87. The van der Waals surface area contributed by atoms with Crippen LogP contribution in [0, 0.1) is 0 Å². The van der Waals surface area contributed by atoms with Crippen LogP contribution in [0.15, 0.2) is 0 Å². The average Bonchev–Trinajstić information content (AvgIpc) is 2.95. The zero-order chi connectivity index (χ0) is 18.5. The molecule has 2 heterocycles. The Balaban J connectivity index is 1.35. The van der Waals surface area contributed by atoms with Crippen molar-refractivity contribution in [1.29, 1.82) is 0 Å². The average molecular weight is 393 g/mol. The Labute approximate surface area is 166 Å². The van der Waals surface area contributed by atoms with Gasteiger partial charge in [-0.3, -0.25) is 10.2 Å². The highest BCUT2D eigenvalue weighted by molar-refractivity contribution is 7.15. The van der Waals surface area contributed by atoms with Crippen LogP contribution in [-0.4, -0.2) is 54.3 Å². The molecule has 0 atom stereocenters. The Morgan fingerprint density at radius 3 is 2.63 bits per heavy atom. The van der Waals surface area contributed by atoms with Crippen molar-refractivity contribution in [1.82, 2.24) is 15.2 Å². The summed E-state index contributed by atoms with van der Waals surface area (Å²) in [4.78, 5) is 21.2. The highest BCUT2D eigenvalue weighted by Crippen LogP contribution is 2.34. The first-order valence-electron chi connectivity index (χ1n) is 10.6. The van der Waals surface area contributed by atoms with Crippen LogP contribution in [0.3, 0.4) is 0 Å². The van der Waals surface area contributed by atoms with E-state index >= 15 is 0 Å². The summed E-state index contributed by atoms with van der Waals surface area (Å²) >= 11 is 1.66. The lowest BCUT2D eigenvalue weighted by Gasteiger charge is -2.48. The summed E-state index contributed by atoms with van der Waals surface area (Å²) < 4.78 is 5.54.